The lowest BCUT2D eigenvalue weighted by Crippen LogP contribution is -2.47. The Morgan fingerprint density at radius 3 is 2.05 bits per heavy atom. The van der Waals surface area contributed by atoms with Gasteiger partial charge in [-0.25, -0.2) is 0 Å². The number of unbranched alkanes of at least 4 members (excludes halogenated alkanes) is 1. The molecule has 9 nitrogen and oxygen atoms in total. The number of hydrogen-bond donors (Lipinski definition) is 5. The molecular formula is C13H25N5O4. The molecule has 1 atom stereocenters. The monoisotopic (exact) mass is 315 g/mol. The SMILES string of the molecule is CC(=O)[C@H](CCCCN)NC(=O)CNC(=O)CNC(=O)CN. The molecule has 3 amide bonds. The molecule has 126 valence electrons. The van der Waals surface area contributed by atoms with Gasteiger partial charge < -0.3 is 27.4 Å². The summed E-state index contributed by atoms with van der Waals surface area (Å²) >= 11 is 0. The van der Waals surface area contributed by atoms with Gasteiger partial charge in [0.25, 0.3) is 0 Å². The molecular weight excluding hydrogens is 290 g/mol. The van der Waals surface area contributed by atoms with E-state index < -0.39 is 23.8 Å². The minimum absolute atomic E-state index is 0.146. The molecule has 0 saturated heterocycles. The molecule has 0 aromatic rings. The number of ketones is 1. The van der Waals surface area contributed by atoms with E-state index in [9.17, 15) is 19.2 Å². The quantitative estimate of drug-likeness (QED) is 0.263. The van der Waals surface area contributed by atoms with Crippen molar-refractivity contribution in [1.29, 1.82) is 0 Å². The average Bonchev–Trinajstić information content (AvgIpc) is 2.49. The van der Waals surface area contributed by atoms with Gasteiger partial charge in [0, 0.05) is 0 Å². The third-order valence-electron chi connectivity index (χ3n) is 2.85. The first kappa shape index (κ1) is 20.0. The number of amides is 3. The van der Waals surface area contributed by atoms with Gasteiger partial charge in [-0.2, -0.15) is 0 Å². The van der Waals surface area contributed by atoms with E-state index in [0.29, 0.717) is 13.0 Å². The van der Waals surface area contributed by atoms with E-state index >= 15 is 0 Å². The van der Waals surface area contributed by atoms with E-state index in [4.69, 9.17) is 11.5 Å². The van der Waals surface area contributed by atoms with E-state index in [1.165, 1.54) is 6.92 Å². The Morgan fingerprint density at radius 2 is 1.50 bits per heavy atom. The van der Waals surface area contributed by atoms with Gasteiger partial charge in [-0.05, 0) is 32.7 Å². The Bertz CT molecular complexity index is 400. The Balaban J connectivity index is 4.05. The minimum atomic E-state index is -0.576. The lowest BCUT2D eigenvalue weighted by molar-refractivity contribution is -0.129. The first-order chi connectivity index (χ1) is 10.4. The first-order valence-electron chi connectivity index (χ1n) is 7.14. The molecule has 0 aliphatic heterocycles. The van der Waals surface area contributed by atoms with Crippen molar-refractivity contribution < 1.29 is 19.2 Å². The van der Waals surface area contributed by atoms with Crippen LogP contribution >= 0.6 is 0 Å². The van der Waals surface area contributed by atoms with Gasteiger partial charge in [0.2, 0.25) is 17.7 Å². The fourth-order valence-corrected chi connectivity index (χ4v) is 1.61. The molecule has 9 heteroatoms. The fourth-order valence-electron chi connectivity index (χ4n) is 1.61. The molecule has 0 spiro atoms. The largest absolute Gasteiger partial charge is 0.346 e. The summed E-state index contributed by atoms with van der Waals surface area (Å²) in [6.45, 7) is 1.20. The van der Waals surface area contributed by atoms with Crippen molar-refractivity contribution in [1.82, 2.24) is 16.0 Å². The van der Waals surface area contributed by atoms with E-state index in [1.54, 1.807) is 0 Å². The molecule has 7 N–H and O–H groups in total. The number of carbonyl (C=O) groups is 4. The smallest absolute Gasteiger partial charge is 0.239 e. The van der Waals surface area contributed by atoms with Gasteiger partial charge in [-0.3, -0.25) is 19.2 Å². The number of hydrogen-bond acceptors (Lipinski definition) is 6. The summed E-state index contributed by atoms with van der Waals surface area (Å²) in [5.74, 6) is -1.59. The number of carbonyl (C=O) groups excluding carboxylic acids is 4. The molecule has 0 aliphatic rings. The number of nitrogens with two attached hydrogens (primary N) is 2. The third kappa shape index (κ3) is 9.83. The van der Waals surface area contributed by atoms with E-state index in [-0.39, 0.29) is 25.4 Å². The number of Topliss-reactive ketones (excluding diaryl/α,β-unsaturated/α-hetero) is 1. The van der Waals surface area contributed by atoms with Crippen LogP contribution in [0.2, 0.25) is 0 Å². The first-order valence-corrected chi connectivity index (χ1v) is 7.14. The van der Waals surface area contributed by atoms with Crippen LogP contribution in [0.4, 0.5) is 0 Å². The van der Waals surface area contributed by atoms with Crippen LogP contribution in [0.25, 0.3) is 0 Å². The molecule has 0 aromatic carbocycles. The standard InChI is InChI=1S/C13H25N5O4/c1-9(19)10(4-2-3-5-14)18-13(22)8-17-12(21)7-16-11(20)6-15/h10H,2-8,14-15H2,1H3,(H,16,20)(H,17,21)(H,18,22)/t10-/m0/s1. The second kappa shape index (κ2) is 11.6. The molecule has 0 unspecified atom stereocenters. The maximum Gasteiger partial charge on any atom is 0.239 e. The Hall–Kier alpha value is -2.00. The van der Waals surface area contributed by atoms with Gasteiger partial charge in [0.1, 0.15) is 0 Å². The minimum Gasteiger partial charge on any atom is -0.346 e. The molecule has 0 aliphatic carbocycles. The van der Waals surface area contributed by atoms with Crippen molar-refractivity contribution in [3.05, 3.63) is 0 Å². The number of nitrogens with one attached hydrogen (secondary N) is 3. The van der Waals surface area contributed by atoms with Gasteiger partial charge in [-0.1, -0.05) is 0 Å². The van der Waals surface area contributed by atoms with Gasteiger partial charge >= 0.3 is 0 Å². The fraction of sp³-hybridized carbons (Fsp3) is 0.692. The summed E-state index contributed by atoms with van der Waals surface area (Å²) in [4.78, 5) is 45.3. The highest BCUT2D eigenvalue weighted by Crippen LogP contribution is 2.01. The molecule has 0 fully saturated rings. The topological polar surface area (TPSA) is 156 Å². The molecule has 0 bridgehead atoms. The normalized spacial score (nSPS) is 11.4. The molecule has 0 radical (unpaired) electrons. The lowest BCUT2D eigenvalue weighted by atomic mass is 10.1. The summed E-state index contributed by atoms with van der Waals surface area (Å²) in [7, 11) is 0. The summed E-state index contributed by atoms with van der Waals surface area (Å²) in [6, 6.07) is -0.576. The van der Waals surface area contributed by atoms with Crippen molar-refractivity contribution in [3.8, 4) is 0 Å². The van der Waals surface area contributed by atoms with Crippen molar-refractivity contribution in [3.63, 3.8) is 0 Å². The van der Waals surface area contributed by atoms with Crippen LogP contribution in [-0.2, 0) is 19.2 Å². The highest BCUT2D eigenvalue weighted by atomic mass is 16.2. The Kier molecular flexibility index (Phi) is 10.6. The van der Waals surface area contributed by atoms with E-state index in [0.717, 1.165) is 12.8 Å². The molecule has 0 saturated carbocycles. The van der Waals surface area contributed by atoms with Crippen LogP contribution < -0.4 is 27.4 Å². The highest BCUT2D eigenvalue weighted by Gasteiger charge is 2.16. The summed E-state index contributed by atoms with van der Waals surface area (Å²) in [5, 5.41) is 7.17. The second-order valence-electron chi connectivity index (χ2n) is 4.77. The van der Waals surface area contributed by atoms with Crippen LogP contribution in [0.3, 0.4) is 0 Å². The van der Waals surface area contributed by atoms with Crippen LogP contribution in [0.15, 0.2) is 0 Å². The van der Waals surface area contributed by atoms with E-state index in [1.807, 2.05) is 0 Å². The average molecular weight is 315 g/mol. The molecule has 0 heterocycles. The zero-order valence-electron chi connectivity index (χ0n) is 12.8. The zero-order chi connectivity index (χ0) is 17.0. The van der Waals surface area contributed by atoms with Crippen molar-refractivity contribution in [2.75, 3.05) is 26.2 Å². The van der Waals surface area contributed by atoms with Crippen LogP contribution in [-0.4, -0.2) is 55.7 Å². The second-order valence-corrected chi connectivity index (χ2v) is 4.77. The van der Waals surface area contributed by atoms with Gasteiger partial charge in [-0.15, -0.1) is 0 Å². The summed E-state index contributed by atoms with van der Waals surface area (Å²) < 4.78 is 0. The zero-order valence-corrected chi connectivity index (χ0v) is 12.8. The number of rotatable bonds is 11. The van der Waals surface area contributed by atoms with Crippen LogP contribution in [0.1, 0.15) is 26.2 Å². The van der Waals surface area contributed by atoms with Gasteiger partial charge in [0.05, 0.1) is 25.7 Å². The molecule has 22 heavy (non-hydrogen) atoms. The summed E-state index contributed by atoms with van der Waals surface area (Å²) in [6.07, 6.45) is 2.02. The lowest BCUT2D eigenvalue weighted by Gasteiger charge is -2.16. The van der Waals surface area contributed by atoms with Crippen LogP contribution in [0, 0.1) is 0 Å². The third-order valence-corrected chi connectivity index (χ3v) is 2.85. The van der Waals surface area contributed by atoms with Crippen molar-refractivity contribution in [2.45, 2.75) is 32.2 Å². The van der Waals surface area contributed by atoms with Crippen molar-refractivity contribution >= 4 is 23.5 Å². The van der Waals surface area contributed by atoms with E-state index in [2.05, 4.69) is 16.0 Å². The van der Waals surface area contributed by atoms with Crippen molar-refractivity contribution in [2.24, 2.45) is 11.5 Å². The van der Waals surface area contributed by atoms with Crippen LogP contribution in [0.5, 0.6) is 0 Å². The molecule has 0 aromatic heterocycles. The Labute approximate surface area is 129 Å². The Morgan fingerprint density at radius 1 is 0.909 bits per heavy atom. The summed E-state index contributed by atoms with van der Waals surface area (Å²) in [5.41, 5.74) is 10.4. The maximum atomic E-state index is 11.7. The van der Waals surface area contributed by atoms with Gasteiger partial charge in [0.15, 0.2) is 5.78 Å². The maximum absolute atomic E-state index is 11.7. The predicted octanol–water partition coefficient (Wildman–Crippen LogP) is -2.62. The molecule has 0 rings (SSSR count). The highest BCUT2D eigenvalue weighted by molar-refractivity contribution is 5.91. The predicted molar refractivity (Wildman–Crippen MR) is 80.6 cm³/mol.